The number of anilines is 1. The number of benzene rings is 1. The van der Waals surface area contributed by atoms with Crippen LogP contribution in [0.3, 0.4) is 0 Å². The molecule has 2 aromatic heterocycles. The van der Waals surface area contributed by atoms with Gasteiger partial charge in [0.15, 0.2) is 5.76 Å². The number of aryl methyl sites for hydroxylation is 2. The molecule has 0 atom stereocenters. The van der Waals surface area contributed by atoms with Gasteiger partial charge in [0.1, 0.15) is 11.3 Å². The van der Waals surface area contributed by atoms with Crippen molar-refractivity contribution in [3.63, 3.8) is 0 Å². The molecule has 0 aliphatic carbocycles. The van der Waals surface area contributed by atoms with Gasteiger partial charge in [-0.05, 0) is 38.1 Å². The lowest BCUT2D eigenvalue weighted by molar-refractivity contribution is 0.628. The molecule has 0 aliphatic heterocycles. The molecule has 96 valence electrons. The van der Waals surface area contributed by atoms with E-state index in [9.17, 15) is 0 Å². The van der Waals surface area contributed by atoms with Gasteiger partial charge in [-0.3, -0.25) is 0 Å². The van der Waals surface area contributed by atoms with E-state index in [1.165, 1.54) is 5.56 Å². The van der Waals surface area contributed by atoms with Gasteiger partial charge in [-0.25, -0.2) is 9.97 Å². The number of nitrogens with zero attached hydrogens (tertiary/aromatic N) is 2. The third-order valence-corrected chi connectivity index (χ3v) is 3.00. The van der Waals surface area contributed by atoms with Crippen LogP contribution in [0.15, 0.2) is 34.7 Å². The Hall–Kier alpha value is -2.36. The molecule has 0 bridgehead atoms. The summed E-state index contributed by atoms with van der Waals surface area (Å²) in [7, 11) is 1.81. The van der Waals surface area contributed by atoms with Crippen molar-refractivity contribution in [3.8, 4) is 11.5 Å². The summed E-state index contributed by atoms with van der Waals surface area (Å²) in [5.74, 6) is 1.37. The molecule has 0 unspecified atom stereocenters. The SMILES string of the molecule is CNc1nc(C)cc(-c2cc3cc(C)ccc3o2)n1. The van der Waals surface area contributed by atoms with Crippen LogP contribution in [0.4, 0.5) is 5.95 Å². The van der Waals surface area contributed by atoms with Crippen LogP contribution < -0.4 is 5.32 Å². The van der Waals surface area contributed by atoms with E-state index in [0.29, 0.717) is 5.95 Å². The van der Waals surface area contributed by atoms with Crippen molar-refractivity contribution in [2.24, 2.45) is 0 Å². The van der Waals surface area contributed by atoms with Crippen LogP contribution in [0.2, 0.25) is 0 Å². The second-order valence-corrected chi connectivity index (χ2v) is 4.62. The molecule has 0 spiro atoms. The Bertz CT molecular complexity index is 746. The Labute approximate surface area is 111 Å². The van der Waals surface area contributed by atoms with Crippen LogP contribution in [0.25, 0.3) is 22.4 Å². The highest BCUT2D eigenvalue weighted by atomic mass is 16.3. The molecule has 0 aliphatic rings. The van der Waals surface area contributed by atoms with E-state index < -0.39 is 0 Å². The first-order valence-electron chi connectivity index (χ1n) is 6.20. The summed E-state index contributed by atoms with van der Waals surface area (Å²) < 4.78 is 5.85. The van der Waals surface area contributed by atoms with E-state index in [-0.39, 0.29) is 0 Å². The molecule has 4 heteroatoms. The fraction of sp³-hybridized carbons (Fsp3) is 0.200. The number of hydrogen-bond acceptors (Lipinski definition) is 4. The minimum atomic E-state index is 0.603. The number of hydrogen-bond donors (Lipinski definition) is 1. The van der Waals surface area contributed by atoms with Gasteiger partial charge >= 0.3 is 0 Å². The molecule has 1 aromatic carbocycles. The Balaban J connectivity index is 2.15. The summed E-state index contributed by atoms with van der Waals surface area (Å²) in [5.41, 5.74) is 3.80. The molecule has 0 saturated carbocycles. The summed E-state index contributed by atoms with van der Waals surface area (Å²) in [6.07, 6.45) is 0. The monoisotopic (exact) mass is 253 g/mol. The van der Waals surface area contributed by atoms with E-state index >= 15 is 0 Å². The highest BCUT2D eigenvalue weighted by Crippen LogP contribution is 2.28. The lowest BCUT2D eigenvalue weighted by atomic mass is 10.2. The quantitative estimate of drug-likeness (QED) is 0.758. The average molecular weight is 253 g/mol. The molecule has 0 radical (unpaired) electrons. The zero-order chi connectivity index (χ0) is 13.4. The van der Waals surface area contributed by atoms with E-state index in [0.717, 1.165) is 28.1 Å². The van der Waals surface area contributed by atoms with Crippen molar-refractivity contribution in [2.75, 3.05) is 12.4 Å². The van der Waals surface area contributed by atoms with Gasteiger partial charge in [0.2, 0.25) is 5.95 Å². The second kappa shape index (κ2) is 4.39. The van der Waals surface area contributed by atoms with Crippen molar-refractivity contribution >= 4 is 16.9 Å². The highest BCUT2D eigenvalue weighted by molar-refractivity contribution is 5.82. The average Bonchev–Trinajstić information content (AvgIpc) is 2.80. The lowest BCUT2D eigenvalue weighted by Crippen LogP contribution is -1.98. The van der Waals surface area contributed by atoms with Gasteiger partial charge in [-0.2, -0.15) is 0 Å². The predicted molar refractivity (Wildman–Crippen MR) is 76.3 cm³/mol. The molecule has 2 heterocycles. The molecule has 1 N–H and O–H groups in total. The van der Waals surface area contributed by atoms with Gasteiger partial charge in [-0.1, -0.05) is 11.6 Å². The molecule has 4 nitrogen and oxygen atoms in total. The summed E-state index contributed by atoms with van der Waals surface area (Å²) in [4.78, 5) is 8.71. The summed E-state index contributed by atoms with van der Waals surface area (Å²) in [6.45, 7) is 4.01. The third-order valence-electron chi connectivity index (χ3n) is 3.00. The standard InChI is InChI=1S/C15H15N3O/c1-9-4-5-13-11(6-9)8-14(19-13)12-7-10(2)17-15(16-3)18-12/h4-8H,1-3H3,(H,16,17,18). The first-order valence-corrected chi connectivity index (χ1v) is 6.20. The highest BCUT2D eigenvalue weighted by Gasteiger charge is 2.09. The first-order chi connectivity index (χ1) is 9.15. The fourth-order valence-electron chi connectivity index (χ4n) is 2.10. The molecule has 0 amide bonds. The van der Waals surface area contributed by atoms with Crippen molar-refractivity contribution in [2.45, 2.75) is 13.8 Å². The Morgan fingerprint density at radius 1 is 1.05 bits per heavy atom. The van der Waals surface area contributed by atoms with Gasteiger partial charge in [0.05, 0.1) is 0 Å². The van der Waals surface area contributed by atoms with Crippen LogP contribution in [0.1, 0.15) is 11.3 Å². The first kappa shape index (κ1) is 11.7. The second-order valence-electron chi connectivity index (χ2n) is 4.62. The minimum absolute atomic E-state index is 0.603. The number of rotatable bonds is 2. The van der Waals surface area contributed by atoms with Crippen LogP contribution in [0.5, 0.6) is 0 Å². The van der Waals surface area contributed by atoms with Crippen molar-refractivity contribution in [1.82, 2.24) is 9.97 Å². The topological polar surface area (TPSA) is 51.0 Å². The number of fused-ring (bicyclic) bond motifs is 1. The predicted octanol–water partition coefficient (Wildman–Crippen LogP) is 3.55. The minimum Gasteiger partial charge on any atom is -0.454 e. The van der Waals surface area contributed by atoms with Gasteiger partial charge in [-0.15, -0.1) is 0 Å². The maximum absolute atomic E-state index is 5.85. The zero-order valence-corrected chi connectivity index (χ0v) is 11.2. The van der Waals surface area contributed by atoms with Gasteiger partial charge in [0.25, 0.3) is 0 Å². The van der Waals surface area contributed by atoms with Gasteiger partial charge < -0.3 is 9.73 Å². The van der Waals surface area contributed by atoms with E-state index in [1.807, 2.05) is 31.2 Å². The lowest BCUT2D eigenvalue weighted by Gasteiger charge is -2.02. The van der Waals surface area contributed by atoms with Crippen LogP contribution in [0, 0.1) is 13.8 Å². The van der Waals surface area contributed by atoms with Crippen LogP contribution in [-0.2, 0) is 0 Å². The number of aromatic nitrogens is 2. The van der Waals surface area contributed by atoms with Crippen molar-refractivity contribution < 1.29 is 4.42 Å². The smallest absolute Gasteiger partial charge is 0.223 e. The molecule has 0 fully saturated rings. The summed E-state index contributed by atoms with van der Waals surface area (Å²) >= 11 is 0. The largest absolute Gasteiger partial charge is 0.454 e. The summed E-state index contributed by atoms with van der Waals surface area (Å²) in [6, 6.07) is 10.1. The maximum atomic E-state index is 5.85. The van der Waals surface area contributed by atoms with E-state index in [2.05, 4.69) is 28.3 Å². The Morgan fingerprint density at radius 3 is 2.68 bits per heavy atom. The molecule has 3 aromatic rings. The molecular formula is C15H15N3O. The van der Waals surface area contributed by atoms with E-state index in [1.54, 1.807) is 7.05 Å². The summed E-state index contributed by atoms with van der Waals surface area (Å²) in [5, 5.41) is 4.05. The zero-order valence-electron chi connectivity index (χ0n) is 11.2. The fourth-order valence-corrected chi connectivity index (χ4v) is 2.10. The number of nitrogens with one attached hydrogen (secondary N) is 1. The third kappa shape index (κ3) is 2.17. The molecule has 0 saturated heterocycles. The normalized spacial score (nSPS) is 10.9. The van der Waals surface area contributed by atoms with Crippen LogP contribution in [-0.4, -0.2) is 17.0 Å². The van der Waals surface area contributed by atoms with Gasteiger partial charge in [0, 0.05) is 18.1 Å². The molecular weight excluding hydrogens is 238 g/mol. The molecule has 19 heavy (non-hydrogen) atoms. The van der Waals surface area contributed by atoms with E-state index in [4.69, 9.17) is 4.42 Å². The number of furan rings is 1. The van der Waals surface area contributed by atoms with Crippen molar-refractivity contribution in [1.29, 1.82) is 0 Å². The molecule has 3 rings (SSSR count). The van der Waals surface area contributed by atoms with Crippen molar-refractivity contribution in [3.05, 3.63) is 41.6 Å². The Kier molecular flexibility index (Phi) is 2.71. The maximum Gasteiger partial charge on any atom is 0.223 e. The van der Waals surface area contributed by atoms with Crippen LogP contribution >= 0.6 is 0 Å². The Morgan fingerprint density at radius 2 is 1.89 bits per heavy atom.